The molecule has 1 fully saturated rings. The van der Waals surface area contributed by atoms with Crippen molar-refractivity contribution in [1.82, 2.24) is 0 Å². The van der Waals surface area contributed by atoms with Crippen molar-refractivity contribution in [3.63, 3.8) is 0 Å². The molecule has 0 aliphatic carbocycles. The number of benzene rings is 1. The molecule has 0 N–H and O–H groups in total. The molecule has 2 aliphatic heterocycles. The maximum Gasteiger partial charge on any atom is 0.184 e. The van der Waals surface area contributed by atoms with Gasteiger partial charge >= 0.3 is 0 Å². The molecule has 16 heavy (non-hydrogen) atoms. The summed E-state index contributed by atoms with van der Waals surface area (Å²) in [4.78, 5) is 0. The summed E-state index contributed by atoms with van der Waals surface area (Å²) in [5.74, 6) is 0. The second-order valence-corrected chi connectivity index (χ2v) is 4.03. The van der Waals surface area contributed by atoms with Gasteiger partial charge in [0.15, 0.2) is 6.29 Å². The third kappa shape index (κ3) is 1.84. The van der Waals surface area contributed by atoms with Crippen molar-refractivity contribution in [2.24, 2.45) is 0 Å². The molecular weight excluding hydrogens is 204 g/mol. The van der Waals surface area contributed by atoms with E-state index in [2.05, 4.69) is 0 Å². The van der Waals surface area contributed by atoms with Gasteiger partial charge in [0.1, 0.15) is 12.2 Å². The molecule has 3 heteroatoms. The number of fused-ring (bicyclic) bond motifs is 1. The van der Waals surface area contributed by atoms with E-state index in [9.17, 15) is 0 Å². The van der Waals surface area contributed by atoms with Crippen molar-refractivity contribution in [1.29, 1.82) is 0 Å². The van der Waals surface area contributed by atoms with Gasteiger partial charge in [-0.25, -0.2) is 0 Å². The average molecular weight is 218 g/mol. The van der Waals surface area contributed by atoms with Crippen LogP contribution in [0.5, 0.6) is 0 Å². The summed E-state index contributed by atoms with van der Waals surface area (Å²) in [5, 5.41) is 0. The Morgan fingerprint density at radius 3 is 2.81 bits per heavy atom. The van der Waals surface area contributed by atoms with Crippen LogP contribution in [-0.4, -0.2) is 18.8 Å². The molecule has 0 amide bonds. The van der Waals surface area contributed by atoms with Crippen molar-refractivity contribution < 1.29 is 14.2 Å². The van der Waals surface area contributed by atoms with Crippen molar-refractivity contribution >= 4 is 0 Å². The fourth-order valence-corrected chi connectivity index (χ4v) is 2.04. The quantitative estimate of drug-likeness (QED) is 0.724. The van der Waals surface area contributed by atoms with Gasteiger partial charge in [-0.3, -0.25) is 0 Å². The molecule has 3 nitrogen and oxygen atoms in total. The molecule has 1 saturated heterocycles. The Kier molecular flexibility index (Phi) is 2.64. The summed E-state index contributed by atoms with van der Waals surface area (Å²) in [7, 11) is 0. The largest absolute Gasteiger partial charge is 0.493 e. The molecule has 3 atom stereocenters. The average Bonchev–Trinajstić information content (AvgIpc) is 2.39. The zero-order valence-electron chi connectivity index (χ0n) is 8.91. The predicted molar refractivity (Wildman–Crippen MR) is 58.6 cm³/mol. The van der Waals surface area contributed by atoms with Crippen LogP contribution < -0.4 is 0 Å². The van der Waals surface area contributed by atoms with E-state index < -0.39 is 0 Å². The molecule has 3 rings (SSSR count). The highest BCUT2D eigenvalue weighted by Gasteiger charge is 2.34. The summed E-state index contributed by atoms with van der Waals surface area (Å²) in [6.07, 6.45) is 4.54. The maximum atomic E-state index is 5.88. The van der Waals surface area contributed by atoms with Gasteiger partial charge in [-0.05, 0) is 12.5 Å². The molecule has 2 aliphatic rings. The highest BCUT2D eigenvalue weighted by atomic mass is 16.7. The van der Waals surface area contributed by atoms with E-state index in [0.717, 1.165) is 12.0 Å². The minimum Gasteiger partial charge on any atom is -0.493 e. The molecule has 0 radical (unpaired) electrons. The molecule has 0 bridgehead atoms. The van der Waals surface area contributed by atoms with Crippen LogP contribution in [0.25, 0.3) is 0 Å². The molecule has 0 aromatic heterocycles. The zero-order chi connectivity index (χ0) is 10.8. The second-order valence-electron chi connectivity index (χ2n) is 4.03. The first-order chi connectivity index (χ1) is 7.93. The van der Waals surface area contributed by atoms with Gasteiger partial charge in [0, 0.05) is 5.56 Å². The smallest absolute Gasteiger partial charge is 0.184 e. The highest BCUT2D eigenvalue weighted by molar-refractivity contribution is 5.16. The molecule has 1 aromatic carbocycles. The topological polar surface area (TPSA) is 27.7 Å². The summed E-state index contributed by atoms with van der Waals surface area (Å²) < 4.78 is 17.0. The summed E-state index contributed by atoms with van der Waals surface area (Å²) in [5.41, 5.74) is 1.07. The summed E-state index contributed by atoms with van der Waals surface area (Å²) in [6, 6.07) is 10.0. The minimum atomic E-state index is -0.252. The first kappa shape index (κ1) is 9.87. The Labute approximate surface area is 94.6 Å². The van der Waals surface area contributed by atoms with Crippen molar-refractivity contribution in [2.45, 2.75) is 24.9 Å². The minimum absolute atomic E-state index is 0.0463. The molecule has 2 heterocycles. The van der Waals surface area contributed by atoms with Crippen LogP contribution >= 0.6 is 0 Å². The number of ether oxygens (including phenoxy) is 3. The first-order valence-corrected chi connectivity index (χ1v) is 5.56. The highest BCUT2D eigenvalue weighted by Crippen LogP contribution is 2.30. The lowest BCUT2D eigenvalue weighted by molar-refractivity contribution is -0.259. The Balaban J connectivity index is 1.74. The predicted octanol–water partition coefficient (Wildman–Crippen LogP) is 2.40. The normalized spacial score (nSPS) is 32.9. The van der Waals surface area contributed by atoms with Crippen LogP contribution in [0.15, 0.2) is 42.7 Å². The maximum absolute atomic E-state index is 5.88. The molecule has 1 aromatic rings. The van der Waals surface area contributed by atoms with Crippen LogP contribution in [0, 0.1) is 0 Å². The van der Waals surface area contributed by atoms with E-state index in [4.69, 9.17) is 14.2 Å². The van der Waals surface area contributed by atoms with Crippen LogP contribution in [-0.2, 0) is 14.2 Å². The monoisotopic (exact) mass is 218 g/mol. The van der Waals surface area contributed by atoms with Gasteiger partial charge in [0.25, 0.3) is 0 Å². The lowest BCUT2D eigenvalue weighted by Crippen LogP contribution is -2.42. The van der Waals surface area contributed by atoms with Crippen molar-refractivity contribution in [3.05, 3.63) is 48.2 Å². The Morgan fingerprint density at radius 2 is 1.94 bits per heavy atom. The lowest BCUT2D eigenvalue weighted by Gasteiger charge is -2.37. The number of hydrogen-bond donors (Lipinski definition) is 0. The van der Waals surface area contributed by atoms with E-state index in [-0.39, 0.29) is 18.5 Å². The fraction of sp³-hybridized carbons (Fsp3) is 0.385. The van der Waals surface area contributed by atoms with E-state index >= 15 is 0 Å². The Morgan fingerprint density at radius 1 is 1.06 bits per heavy atom. The van der Waals surface area contributed by atoms with Gasteiger partial charge in [-0.15, -0.1) is 0 Å². The Hall–Kier alpha value is -1.32. The Bertz CT molecular complexity index is 374. The lowest BCUT2D eigenvalue weighted by atomic mass is 10.1. The van der Waals surface area contributed by atoms with Gasteiger partial charge < -0.3 is 14.2 Å². The standard InChI is InChI=1S/C13H14O3/c1-2-5-10(6-3-1)13-15-9-12-11(16-13)7-4-8-14-12/h1-6,8,11-13H,7,9H2/t11-,12+,13?/m0/s1. The first-order valence-electron chi connectivity index (χ1n) is 5.56. The number of rotatable bonds is 1. The molecule has 1 unspecified atom stereocenters. The third-order valence-corrected chi connectivity index (χ3v) is 2.91. The van der Waals surface area contributed by atoms with E-state index in [1.807, 2.05) is 36.4 Å². The van der Waals surface area contributed by atoms with Crippen LogP contribution in [0.1, 0.15) is 18.3 Å². The molecule has 0 spiro atoms. The third-order valence-electron chi connectivity index (χ3n) is 2.91. The van der Waals surface area contributed by atoms with Gasteiger partial charge in [-0.1, -0.05) is 30.3 Å². The van der Waals surface area contributed by atoms with Crippen LogP contribution in [0.4, 0.5) is 0 Å². The molecular formula is C13H14O3. The van der Waals surface area contributed by atoms with Crippen LogP contribution in [0.2, 0.25) is 0 Å². The van der Waals surface area contributed by atoms with Crippen LogP contribution in [0.3, 0.4) is 0 Å². The summed E-state index contributed by atoms with van der Waals surface area (Å²) in [6.45, 7) is 0.592. The van der Waals surface area contributed by atoms with Crippen molar-refractivity contribution in [2.75, 3.05) is 6.61 Å². The molecule has 84 valence electrons. The van der Waals surface area contributed by atoms with E-state index in [1.54, 1.807) is 6.26 Å². The van der Waals surface area contributed by atoms with Gasteiger partial charge in [-0.2, -0.15) is 0 Å². The van der Waals surface area contributed by atoms with Gasteiger partial charge in [0.05, 0.1) is 12.9 Å². The summed E-state index contributed by atoms with van der Waals surface area (Å²) >= 11 is 0. The van der Waals surface area contributed by atoms with E-state index in [1.165, 1.54) is 0 Å². The SMILES string of the molecule is C1=CO[C@@H]2COC(c3ccccc3)O[C@H]2C1. The number of hydrogen-bond acceptors (Lipinski definition) is 3. The fourth-order valence-electron chi connectivity index (χ4n) is 2.04. The molecule has 0 saturated carbocycles. The van der Waals surface area contributed by atoms with Crippen molar-refractivity contribution in [3.8, 4) is 0 Å². The van der Waals surface area contributed by atoms with Gasteiger partial charge in [0.2, 0.25) is 0 Å². The second kappa shape index (κ2) is 4.28. The zero-order valence-corrected chi connectivity index (χ0v) is 8.91. The van der Waals surface area contributed by atoms with E-state index in [0.29, 0.717) is 6.61 Å².